The highest BCUT2D eigenvalue weighted by Gasteiger charge is 2.06. The summed E-state index contributed by atoms with van der Waals surface area (Å²) in [5, 5.41) is 0. The smallest absolute Gasteiger partial charge is 0.133 e. The molecule has 0 unspecified atom stereocenters. The molecule has 3 rings (SSSR count). The minimum atomic E-state index is 0. The second-order valence-electron chi connectivity index (χ2n) is 6.82. The number of halogens is 1. The van der Waals surface area contributed by atoms with E-state index in [4.69, 9.17) is 5.73 Å². The van der Waals surface area contributed by atoms with Gasteiger partial charge in [0.05, 0.1) is 12.5 Å². The molecule has 0 aromatic heterocycles. The van der Waals surface area contributed by atoms with Crippen LogP contribution in [-0.2, 0) is 23.1 Å². The molecule has 0 aliphatic carbocycles. The van der Waals surface area contributed by atoms with Gasteiger partial charge >= 0.3 is 0 Å². The van der Waals surface area contributed by atoms with Gasteiger partial charge in [0.1, 0.15) is 5.75 Å². The van der Waals surface area contributed by atoms with E-state index in [1.807, 2.05) is 30.4 Å². The first-order valence-corrected chi connectivity index (χ1v) is 11.5. The van der Waals surface area contributed by atoms with Crippen LogP contribution in [0.1, 0.15) is 27.8 Å². The Morgan fingerprint density at radius 2 is 1.41 bits per heavy atom. The van der Waals surface area contributed by atoms with Crippen LogP contribution in [0.25, 0.3) is 12.2 Å². The third kappa shape index (κ3) is 7.84. The van der Waals surface area contributed by atoms with Crippen LogP contribution in [0.2, 0.25) is 0 Å². The summed E-state index contributed by atoms with van der Waals surface area (Å²) in [6.07, 6.45) is 9.18. The van der Waals surface area contributed by atoms with E-state index in [0.717, 1.165) is 17.7 Å². The van der Waals surface area contributed by atoms with Gasteiger partial charge in [0, 0.05) is 16.8 Å². The summed E-state index contributed by atoms with van der Waals surface area (Å²) in [4.78, 5) is 0. The van der Waals surface area contributed by atoms with E-state index in [2.05, 4.69) is 80.3 Å². The van der Waals surface area contributed by atoms with Crippen molar-refractivity contribution in [1.82, 2.24) is 0 Å². The standard InChI is InChI=1S/C15H15N.C11H15S.ClH/c1-2-14-13(9-6-10-15(14)16)11-12-7-4-3-5-8-12;1-4-10-7-5-6-8-11(10)9-12(2)3;/h2-10H,1,11,16H2;4-8H,1,9H2,2-3H3;1H/q;+1;/p-1. The molecule has 2 N–H and O–H groups in total. The largest absolute Gasteiger partial charge is 1.00 e. The molecule has 0 aliphatic heterocycles. The monoisotopic (exact) mass is 423 g/mol. The molecular formula is C26H30ClNS. The molecule has 0 bridgehead atoms. The van der Waals surface area contributed by atoms with Crippen molar-refractivity contribution in [1.29, 1.82) is 0 Å². The van der Waals surface area contributed by atoms with Crippen molar-refractivity contribution in [2.75, 3.05) is 18.2 Å². The van der Waals surface area contributed by atoms with E-state index in [1.54, 1.807) is 0 Å². The topological polar surface area (TPSA) is 26.0 Å². The van der Waals surface area contributed by atoms with Crippen LogP contribution in [0.5, 0.6) is 0 Å². The van der Waals surface area contributed by atoms with E-state index < -0.39 is 0 Å². The van der Waals surface area contributed by atoms with Gasteiger partial charge < -0.3 is 18.1 Å². The molecule has 0 atom stereocenters. The maximum absolute atomic E-state index is 5.91. The minimum Gasteiger partial charge on any atom is -1.00 e. The zero-order valence-corrected chi connectivity index (χ0v) is 18.8. The van der Waals surface area contributed by atoms with Gasteiger partial charge in [-0.05, 0) is 40.1 Å². The molecule has 3 heteroatoms. The molecule has 0 saturated carbocycles. The second-order valence-corrected chi connectivity index (χ2v) is 9.08. The number of nitrogen functional groups attached to an aromatic ring is 1. The zero-order valence-electron chi connectivity index (χ0n) is 17.3. The van der Waals surface area contributed by atoms with Crippen LogP contribution < -0.4 is 18.1 Å². The summed E-state index contributed by atoms with van der Waals surface area (Å²) in [6.45, 7) is 7.62. The number of benzene rings is 3. The highest BCUT2D eigenvalue weighted by molar-refractivity contribution is 7.94. The first-order valence-electron chi connectivity index (χ1n) is 9.33. The van der Waals surface area contributed by atoms with Crippen LogP contribution >= 0.6 is 0 Å². The number of rotatable bonds is 6. The van der Waals surface area contributed by atoms with Gasteiger partial charge in [0.2, 0.25) is 0 Å². The van der Waals surface area contributed by atoms with Gasteiger partial charge in [-0.25, -0.2) is 0 Å². The highest BCUT2D eigenvalue weighted by Crippen LogP contribution is 2.21. The van der Waals surface area contributed by atoms with Crippen LogP contribution in [0.4, 0.5) is 5.69 Å². The molecule has 0 radical (unpaired) electrons. The quantitative estimate of drug-likeness (QED) is 0.478. The SMILES string of the molecule is C=Cc1c(N)cccc1Cc1ccccc1.C=Cc1ccccc1C[S+](C)C.[Cl-]. The summed E-state index contributed by atoms with van der Waals surface area (Å²) >= 11 is 0. The van der Waals surface area contributed by atoms with E-state index in [0.29, 0.717) is 10.9 Å². The maximum atomic E-state index is 5.91. The Morgan fingerprint density at radius 1 is 0.793 bits per heavy atom. The summed E-state index contributed by atoms with van der Waals surface area (Å²) in [5.41, 5.74) is 13.0. The Morgan fingerprint density at radius 3 is 2.03 bits per heavy atom. The fraction of sp³-hybridized carbons (Fsp3) is 0.154. The Hall–Kier alpha value is -2.42. The number of hydrogen-bond donors (Lipinski definition) is 1. The number of hydrogen-bond acceptors (Lipinski definition) is 1. The molecule has 3 aromatic carbocycles. The normalized spacial score (nSPS) is 9.76. The third-order valence-corrected chi connectivity index (χ3v) is 5.28. The van der Waals surface area contributed by atoms with Crippen molar-refractivity contribution < 1.29 is 12.4 Å². The van der Waals surface area contributed by atoms with Gasteiger partial charge in [-0.15, -0.1) is 0 Å². The van der Waals surface area contributed by atoms with Gasteiger partial charge in [-0.3, -0.25) is 0 Å². The molecule has 0 amide bonds. The Labute approximate surface area is 185 Å². The zero-order chi connectivity index (χ0) is 20.4. The molecule has 0 aliphatic rings. The van der Waals surface area contributed by atoms with Crippen molar-refractivity contribution in [3.63, 3.8) is 0 Å². The van der Waals surface area contributed by atoms with Crippen molar-refractivity contribution in [2.45, 2.75) is 12.2 Å². The van der Waals surface area contributed by atoms with Gasteiger partial charge in [-0.1, -0.05) is 92.0 Å². The average Bonchev–Trinajstić information content (AvgIpc) is 2.69. The van der Waals surface area contributed by atoms with E-state index >= 15 is 0 Å². The molecular weight excluding hydrogens is 394 g/mol. The van der Waals surface area contributed by atoms with Crippen molar-refractivity contribution in [3.05, 3.63) is 114 Å². The Balaban J connectivity index is 0.000000292. The Bertz CT molecular complexity index is 904. The second kappa shape index (κ2) is 12.9. The molecule has 0 heterocycles. The average molecular weight is 424 g/mol. The van der Waals surface area contributed by atoms with Crippen molar-refractivity contribution >= 4 is 28.7 Å². The number of anilines is 1. The summed E-state index contributed by atoms with van der Waals surface area (Å²) in [6, 6.07) is 24.8. The van der Waals surface area contributed by atoms with Crippen molar-refractivity contribution in [2.24, 2.45) is 0 Å². The number of nitrogens with two attached hydrogens (primary N) is 1. The lowest BCUT2D eigenvalue weighted by Gasteiger charge is -2.08. The predicted molar refractivity (Wildman–Crippen MR) is 130 cm³/mol. The summed E-state index contributed by atoms with van der Waals surface area (Å²) in [7, 11) is 0.474. The van der Waals surface area contributed by atoms with Gasteiger partial charge in [-0.2, -0.15) is 0 Å². The predicted octanol–water partition coefficient (Wildman–Crippen LogP) is 3.21. The van der Waals surface area contributed by atoms with E-state index in [1.165, 1.54) is 28.0 Å². The van der Waals surface area contributed by atoms with E-state index in [9.17, 15) is 0 Å². The molecule has 1 nitrogen and oxygen atoms in total. The molecule has 29 heavy (non-hydrogen) atoms. The lowest BCUT2D eigenvalue weighted by molar-refractivity contribution is -0.00000578. The van der Waals surface area contributed by atoms with Gasteiger partial charge in [0.15, 0.2) is 0 Å². The van der Waals surface area contributed by atoms with Crippen LogP contribution in [0.3, 0.4) is 0 Å². The lowest BCUT2D eigenvalue weighted by Crippen LogP contribution is -3.00. The van der Waals surface area contributed by atoms with Crippen LogP contribution in [0.15, 0.2) is 86.0 Å². The summed E-state index contributed by atoms with van der Waals surface area (Å²) < 4.78 is 0. The highest BCUT2D eigenvalue weighted by atomic mass is 35.5. The lowest BCUT2D eigenvalue weighted by atomic mass is 9.98. The van der Waals surface area contributed by atoms with Crippen LogP contribution in [-0.4, -0.2) is 12.5 Å². The minimum absolute atomic E-state index is 0. The summed E-state index contributed by atoms with van der Waals surface area (Å²) in [5.74, 6) is 1.17. The first kappa shape index (κ1) is 24.6. The molecule has 152 valence electrons. The first-order chi connectivity index (χ1) is 13.5. The molecule has 3 aromatic rings. The molecule has 0 saturated heterocycles. The van der Waals surface area contributed by atoms with E-state index in [-0.39, 0.29) is 12.4 Å². The fourth-order valence-electron chi connectivity index (χ4n) is 3.03. The fourth-order valence-corrected chi connectivity index (χ4v) is 3.91. The van der Waals surface area contributed by atoms with Crippen LogP contribution in [0, 0.1) is 0 Å². The third-order valence-electron chi connectivity index (χ3n) is 4.39. The molecule has 0 spiro atoms. The van der Waals surface area contributed by atoms with Crippen molar-refractivity contribution in [3.8, 4) is 0 Å². The maximum Gasteiger partial charge on any atom is 0.133 e. The van der Waals surface area contributed by atoms with Gasteiger partial charge in [0.25, 0.3) is 0 Å². The molecule has 0 fully saturated rings. The Kier molecular flexibility index (Phi) is 11.0.